The maximum atomic E-state index is 9.79. The molecule has 1 nitrogen and oxygen atoms in total. The number of aliphatic hydroxyl groups excluding tert-OH is 1. The third-order valence-corrected chi connectivity index (χ3v) is 20.7. The van der Waals surface area contributed by atoms with Gasteiger partial charge in [-0.15, -0.1) is 0 Å². The average molecular weight is 397 g/mol. The van der Waals surface area contributed by atoms with Crippen LogP contribution in [0.15, 0.2) is 24.3 Å². The molecule has 2 heteroatoms. The number of unbranched alkanes of at least 4 members (excludes halogenated alkanes) is 3. The van der Waals surface area contributed by atoms with Crippen molar-refractivity contribution in [1.29, 1.82) is 0 Å². The van der Waals surface area contributed by atoms with Crippen molar-refractivity contribution in [2.75, 3.05) is 0 Å². The molecule has 120 valence electrons. The van der Waals surface area contributed by atoms with Gasteiger partial charge in [0.2, 0.25) is 0 Å². The summed E-state index contributed by atoms with van der Waals surface area (Å²) < 4.78 is 6.05. The monoisotopic (exact) mass is 398 g/mol. The van der Waals surface area contributed by atoms with Crippen molar-refractivity contribution < 1.29 is 5.11 Å². The Balaban J connectivity index is 3.16. The quantitative estimate of drug-likeness (QED) is 0.507. The van der Waals surface area contributed by atoms with Gasteiger partial charge < -0.3 is 0 Å². The molecule has 0 fully saturated rings. The molecule has 0 saturated carbocycles. The molecule has 0 aromatic heterocycles. The average Bonchev–Trinajstić information content (AvgIpc) is 2.54. The molecule has 1 N–H and O–H groups in total. The van der Waals surface area contributed by atoms with Gasteiger partial charge in [-0.3, -0.25) is 0 Å². The van der Waals surface area contributed by atoms with Crippen LogP contribution in [0.3, 0.4) is 0 Å². The first-order valence-electron chi connectivity index (χ1n) is 8.93. The molecule has 0 amide bonds. The predicted molar refractivity (Wildman–Crippen MR) is 96.9 cm³/mol. The van der Waals surface area contributed by atoms with Crippen molar-refractivity contribution in [2.45, 2.75) is 79.2 Å². The molecule has 0 unspecified atom stereocenters. The van der Waals surface area contributed by atoms with Crippen LogP contribution in [0.1, 0.15) is 64.9 Å². The van der Waals surface area contributed by atoms with Gasteiger partial charge in [-0.2, -0.15) is 0 Å². The van der Waals surface area contributed by atoms with E-state index in [2.05, 4.69) is 45.0 Å². The summed E-state index contributed by atoms with van der Waals surface area (Å²) >= 11 is -2.35. The van der Waals surface area contributed by atoms with E-state index >= 15 is 0 Å². The van der Waals surface area contributed by atoms with Gasteiger partial charge in [0.25, 0.3) is 0 Å². The summed E-state index contributed by atoms with van der Waals surface area (Å²) in [6, 6.07) is 8.81. The van der Waals surface area contributed by atoms with E-state index < -0.39 is 18.4 Å². The molecule has 0 aliphatic rings. The number of rotatable bonds is 11. The van der Waals surface area contributed by atoms with Crippen LogP contribution in [-0.4, -0.2) is 23.5 Å². The van der Waals surface area contributed by atoms with Crippen LogP contribution in [-0.2, 0) is 6.61 Å². The normalized spacial score (nSPS) is 11.8. The van der Waals surface area contributed by atoms with Gasteiger partial charge in [0.1, 0.15) is 0 Å². The molecular weight excluding hydrogens is 363 g/mol. The number of hydrogen-bond acceptors (Lipinski definition) is 1. The SMILES string of the molecule is CCC[CH2][Sn]([CH2]CCC)([CH2]CCC)[c]1ccccc1CO. The Bertz CT molecular complexity index is 367. The molecule has 0 aliphatic heterocycles. The summed E-state index contributed by atoms with van der Waals surface area (Å²) in [6.45, 7) is 7.16. The second kappa shape index (κ2) is 10.7. The van der Waals surface area contributed by atoms with E-state index in [1.165, 1.54) is 57.4 Å². The van der Waals surface area contributed by atoms with Crippen LogP contribution in [0.4, 0.5) is 0 Å². The maximum absolute atomic E-state index is 9.79. The first kappa shape index (κ1) is 19.0. The van der Waals surface area contributed by atoms with Gasteiger partial charge >= 0.3 is 136 Å². The zero-order valence-electron chi connectivity index (χ0n) is 14.3. The summed E-state index contributed by atoms with van der Waals surface area (Å²) in [4.78, 5) is 0. The van der Waals surface area contributed by atoms with E-state index in [4.69, 9.17) is 0 Å². The van der Waals surface area contributed by atoms with Crippen LogP contribution in [0.2, 0.25) is 13.3 Å². The zero-order valence-corrected chi connectivity index (χ0v) is 17.2. The second-order valence-electron chi connectivity index (χ2n) is 6.41. The fourth-order valence-corrected chi connectivity index (χ4v) is 20.5. The fraction of sp³-hybridized carbons (Fsp3) is 0.684. The zero-order chi connectivity index (χ0) is 15.6. The molecular formula is C19H34OSn. The van der Waals surface area contributed by atoms with Crippen molar-refractivity contribution in [1.82, 2.24) is 0 Å². The Morgan fingerprint density at radius 2 is 1.29 bits per heavy atom. The Hall–Kier alpha value is -0.0213. The Morgan fingerprint density at radius 1 is 0.810 bits per heavy atom. The molecule has 0 aliphatic carbocycles. The van der Waals surface area contributed by atoms with Crippen molar-refractivity contribution >= 4 is 22.0 Å². The van der Waals surface area contributed by atoms with E-state index in [9.17, 15) is 5.11 Å². The molecule has 1 aromatic rings. The van der Waals surface area contributed by atoms with Crippen molar-refractivity contribution in [3.05, 3.63) is 29.8 Å². The molecule has 1 rings (SSSR count). The number of hydrogen-bond donors (Lipinski definition) is 1. The third-order valence-electron chi connectivity index (χ3n) is 4.79. The van der Waals surface area contributed by atoms with Crippen LogP contribution < -0.4 is 3.58 Å². The molecule has 0 heterocycles. The minimum absolute atomic E-state index is 0.221. The molecule has 0 spiro atoms. The van der Waals surface area contributed by atoms with E-state index in [0.717, 1.165) is 0 Å². The van der Waals surface area contributed by atoms with E-state index in [1.54, 1.807) is 3.58 Å². The van der Waals surface area contributed by atoms with Crippen LogP contribution in [0, 0.1) is 0 Å². The first-order valence-corrected chi connectivity index (χ1v) is 16.4. The standard InChI is InChI=1S/C7H7O.3C4H9.Sn/c8-6-7-4-2-1-3-5-7;3*1-3-4-2;/h1-4,8H,6H2;3*1,3-4H2,2H3;. The summed E-state index contributed by atoms with van der Waals surface area (Å²) in [5.41, 5.74) is 1.23. The number of aliphatic hydroxyl groups is 1. The third kappa shape index (κ3) is 5.59. The molecule has 0 saturated heterocycles. The minimum atomic E-state index is -2.35. The van der Waals surface area contributed by atoms with Gasteiger partial charge in [0, 0.05) is 0 Å². The van der Waals surface area contributed by atoms with E-state index in [0.29, 0.717) is 0 Å². The van der Waals surface area contributed by atoms with Crippen molar-refractivity contribution in [3.63, 3.8) is 0 Å². The first-order chi connectivity index (χ1) is 10.2. The van der Waals surface area contributed by atoms with Gasteiger partial charge in [-0.1, -0.05) is 0 Å². The molecule has 0 radical (unpaired) electrons. The predicted octanol–water partition coefficient (Wildman–Crippen LogP) is 5.24. The molecule has 0 bridgehead atoms. The van der Waals surface area contributed by atoms with E-state index in [1.807, 2.05) is 0 Å². The summed E-state index contributed by atoms with van der Waals surface area (Å²) in [6.07, 6.45) is 8.05. The van der Waals surface area contributed by atoms with Crippen LogP contribution >= 0.6 is 0 Å². The van der Waals surface area contributed by atoms with Crippen molar-refractivity contribution in [2.24, 2.45) is 0 Å². The Labute approximate surface area is 136 Å². The Kier molecular flexibility index (Phi) is 9.66. The number of benzene rings is 1. The molecule has 0 atom stereocenters. The second-order valence-corrected chi connectivity index (χ2v) is 19.5. The fourth-order valence-electron chi connectivity index (χ4n) is 3.50. The summed E-state index contributed by atoms with van der Waals surface area (Å²) in [7, 11) is 0. The van der Waals surface area contributed by atoms with Gasteiger partial charge in [-0.25, -0.2) is 0 Å². The van der Waals surface area contributed by atoms with Gasteiger partial charge in [0.05, 0.1) is 0 Å². The van der Waals surface area contributed by atoms with Crippen LogP contribution in [0.25, 0.3) is 0 Å². The Morgan fingerprint density at radius 3 is 1.71 bits per heavy atom. The van der Waals surface area contributed by atoms with Gasteiger partial charge in [0.15, 0.2) is 0 Å². The summed E-state index contributed by atoms with van der Waals surface area (Å²) in [5, 5.41) is 9.79. The molecule has 21 heavy (non-hydrogen) atoms. The molecule has 1 aromatic carbocycles. The summed E-state index contributed by atoms with van der Waals surface area (Å²) in [5.74, 6) is 0. The topological polar surface area (TPSA) is 20.2 Å². The van der Waals surface area contributed by atoms with Crippen LogP contribution in [0.5, 0.6) is 0 Å². The van der Waals surface area contributed by atoms with E-state index in [-0.39, 0.29) is 6.61 Å². The van der Waals surface area contributed by atoms with Gasteiger partial charge in [-0.05, 0) is 0 Å². The van der Waals surface area contributed by atoms with Crippen molar-refractivity contribution in [3.8, 4) is 0 Å².